The number of carbonyl (C=O) groups is 1. The highest BCUT2D eigenvalue weighted by molar-refractivity contribution is 9.11. The molecule has 2 rings (SSSR count). The van der Waals surface area contributed by atoms with E-state index < -0.39 is 5.97 Å². The molecule has 0 unspecified atom stereocenters. The van der Waals surface area contributed by atoms with E-state index in [9.17, 15) is 4.79 Å². The van der Waals surface area contributed by atoms with Crippen LogP contribution in [-0.2, 0) is 6.42 Å². The minimum Gasteiger partial charge on any atom is -0.478 e. The molecule has 1 aromatic heterocycles. The van der Waals surface area contributed by atoms with E-state index in [0.29, 0.717) is 9.35 Å². The Morgan fingerprint density at radius 3 is 2.87 bits per heavy atom. The number of carboxylic acids is 1. The molecule has 0 spiro atoms. The normalized spacial score (nSPS) is 10.8. The van der Waals surface area contributed by atoms with Crippen molar-refractivity contribution in [2.24, 2.45) is 0 Å². The predicted molar refractivity (Wildman–Crippen MR) is 65.9 cm³/mol. The molecule has 1 N–H and O–H groups in total. The number of carboxylic acid groups (broad SMARTS) is 1. The highest BCUT2D eigenvalue weighted by Gasteiger charge is 2.16. The van der Waals surface area contributed by atoms with Gasteiger partial charge in [0.25, 0.3) is 0 Å². The molecule has 0 fully saturated rings. The zero-order valence-electron chi connectivity index (χ0n) is 8.08. The summed E-state index contributed by atoms with van der Waals surface area (Å²) in [5, 5.41) is 9.92. The van der Waals surface area contributed by atoms with Crippen LogP contribution < -0.4 is 0 Å². The molecule has 0 aliphatic heterocycles. The second kappa shape index (κ2) is 3.94. The highest BCUT2D eigenvalue weighted by Crippen LogP contribution is 2.35. The summed E-state index contributed by atoms with van der Waals surface area (Å²) in [6, 6.07) is 5.98. The lowest BCUT2D eigenvalue weighted by Crippen LogP contribution is -1.95. The molecule has 0 aliphatic carbocycles. The molecule has 0 aliphatic rings. The molecule has 0 amide bonds. The molecule has 0 saturated heterocycles. The number of hydrogen-bond acceptors (Lipinski definition) is 2. The van der Waals surface area contributed by atoms with Crippen molar-refractivity contribution in [2.75, 3.05) is 0 Å². The van der Waals surface area contributed by atoms with Gasteiger partial charge in [-0.25, -0.2) is 4.79 Å². The van der Waals surface area contributed by atoms with Crippen molar-refractivity contribution >= 4 is 43.3 Å². The fraction of sp³-hybridized carbons (Fsp3) is 0.182. The first-order chi connectivity index (χ1) is 7.13. The Bertz CT molecular complexity index is 531. The Morgan fingerprint density at radius 2 is 2.27 bits per heavy atom. The Morgan fingerprint density at radius 1 is 1.53 bits per heavy atom. The maximum Gasteiger partial charge on any atom is 0.338 e. The lowest BCUT2D eigenvalue weighted by molar-refractivity contribution is 0.0698. The van der Waals surface area contributed by atoms with E-state index in [2.05, 4.69) is 22.9 Å². The number of aryl methyl sites for hydroxylation is 1. The first-order valence-corrected chi connectivity index (χ1v) is 6.18. The van der Waals surface area contributed by atoms with Crippen molar-refractivity contribution in [3.05, 3.63) is 33.1 Å². The van der Waals surface area contributed by atoms with Gasteiger partial charge >= 0.3 is 5.97 Å². The monoisotopic (exact) mass is 284 g/mol. The Hall–Kier alpha value is -0.870. The summed E-state index contributed by atoms with van der Waals surface area (Å²) in [5.74, 6) is -0.874. The van der Waals surface area contributed by atoms with E-state index in [0.717, 1.165) is 22.1 Å². The maximum atomic E-state index is 11.1. The van der Waals surface area contributed by atoms with Gasteiger partial charge in [-0.1, -0.05) is 13.0 Å². The van der Waals surface area contributed by atoms with Crippen LogP contribution in [0.25, 0.3) is 10.1 Å². The van der Waals surface area contributed by atoms with E-state index in [4.69, 9.17) is 5.11 Å². The average molecular weight is 285 g/mol. The fourth-order valence-corrected chi connectivity index (χ4v) is 3.34. The van der Waals surface area contributed by atoms with Gasteiger partial charge < -0.3 is 5.11 Å². The summed E-state index contributed by atoms with van der Waals surface area (Å²) in [5.41, 5.74) is 1.54. The van der Waals surface area contributed by atoms with Crippen LogP contribution in [0, 0.1) is 0 Å². The molecule has 1 aromatic carbocycles. The van der Waals surface area contributed by atoms with Crippen molar-refractivity contribution < 1.29 is 9.90 Å². The number of halogens is 1. The zero-order valence-corrected chi connectivity index (χ0v) is 10.5. The van der Waals surface area contributed by atoms with Crippen LogP contribution >= 0.6 is 27.3 Å². The van der Waals surface area contributed by atoms with Crippen LogP contribution in [0.5, 0.6) is 0 Å². The van der Waals surface area contributed by atoms with Crippen molar-refractivity contribution in [3.63, 3.8) is 0 Å². The first-order valence-electron chi connectivity index (χ1n) is 4.57. The van der Waals surface area contributed by atoms with Crippen LogP contribution in [0.4, 0.5) is 0 Å². The third kappa shape index (κ3) is 1.79. The number of thiophene rings is 1. The van der Waals surface area contributed by atoms with E-state index in [1.165, 1.54) is 11.3 Å². The molecule has 2 nitrogen and oxygen atoms in total. The van der Waals surface area contributed by atoms with Gasteiger partial charge in [0.2, 0.25) is 0 Å². The molecular weight excluding hydrogens is 276 g/mol. The summed E-state index contributed by atoms with van der Waals surface area (Å²) < 4.78 is 1.70. The molecule has 2 aromatic rings. The Kier molecular flexibility index (Phi) is 2.80. The molecule has 1 heterocycles. The van der Waals surface area contributed by atoms with Gasteiger partial charge in [-0.05, 0) is 40.0 Å². The van der Waals surface area contributed by atoms with Crippen LogP contribution in [-0.4, -0.2) is 11.1 Å². The fourth-order valence-electron chi connectivity index (χ4n) is 1.53. The lowest BCUT2D eigenvalue weighted by Gasteiger charge is -1.97. The molecule has 4 heteroatoms. The molecule has 15 heavy (non-hydrogen) atoms. The van der Waals surface area contributed by atoms with E-state index in [1.807, 2.05) is 18.2 Å². The summed E-state index contributed by atoms with van der Waals surface area (Å²) in [6.45, 7) is 2.06. The molecule has 0 saturated carbocycles. The third-order valence-corrected chi connectivity index (χ3v) is 4.17. The topological polar surface area (TPSA) is 37.3 Å². The zero-order chi connectivity index (χ0) is 11.0. The molecule has 0 radical (unpaired) electrons. The lowest BCUT2D eigenvalue weighted by atomic mass is 10.1. The van der Waals surface area contributed by atoms with Crippen molar-refractivity contribution in [2.45, 2.75) is 13.3 Å². The van der Waals surface area contributed by atoms with Gasteiger partial charge in [-0.3, -0.25) is 0 Å². The molecule has 78 valence electrons. The first kappa shape index (κ1) is 10.6. The van der Waals surface area contributed by atoms with Crippen molar-refractivity contribution in [1.29, 1.82) is 0 Å². The Labute approximate surface area is 99.7 Å². The number of hydrogen-bond donors (Lipinski definition) is 1. The maximum absolute atomic E-state index is 11.1. The van der Waals surface area contributed by atoms with Crippen molar-refractivity contribution in [3.8, 4) is 0 Å². The summed E-state index contributed by atoms with van der Waals surface area (Å²) in [6.07, 6.45) is 0.919. The highest BCUT2D eigenvalue weighted by atomic mass is 79.9. The Balaban J connectivity index is 2.77. The van der Waals surface area contributed by atoms with Crippen LogP contribution in [0.15, 0.2) is 22.0 Å². The SMILES string of the molecule is CCc1ccc2sc(Br)c(C(=O)O)c2c1. The third-order valence-electron chi connectivity index (χ3n) is 2.33. The number of rotatable bonds is 2. The second-order valence-electron chi connectivity index (χ2n) is 3.24. The van der Waals surface area contributed by atoms with Gasteiger partial charge in [0, 0.05) is 10.1 Å². The van der Waals surface area contributed by atoms with Gasteiger partial charge in [0.15, 0.2) is 0 Å². The number of fused-ring (bicyclic) bond motifs is 1. The number of benzene rings is 1. The summed E-state index contributed by atoms with van der Waals surface area (Å²) in [7, 11) is 0. The largest absolute Gasteiger partial charge is 0.478 e. The summed E-state index contributed by atoms with van der Waals surface area (Å²) >= 11 is 4.76. The molecule has 0 atom stereocenters. The minimum absolute atomic E-state index is 0.380. The van der Waals surface area contributed by atoms with Gasteiger partial charge in [0.1, 0.15) is 0 Å². The van der Waals surface area contributed by atoms with E-state index in [-0.39, 0.29) is 0 Å². The van der Waals surface area contributed by atoms with Gasteiger partial charge in [-0.15, -0.1) is 11.3 Å². The summed E-state index contributed by atoms with van der Waals surface area (Å²) in [4.78, 5) is 11.1. The molecule has 0 bridgehead atoms. The number of aromatic carboxylic acids is 1. The second-order valence-corrected chi connectivity index (χ2v) is 5.61. The van der Waals surface area contributed by atoms with Gasteiger partial charge in [0.05, 0.1) is 9.35 Å². The van der Waals surface area contributed by atoms with E-state index >= 15 is 0 Å². The predicted octanol–water partition coefficient (Wildman–Crippen LogP) is 3.92. The van der Waals surface area contributed by atoms with E-state index in [1.54, 1.807) is 0 Å². The van der Waals surface area contributed by atoms with Crippen LogP contribution in [0.2, 0.25) is 0 Å². The molecular formula is C11H9BrO2S. The quantitative estimate of drug-likeness (QED) is 0.907. The minimum atomic E-state index is -0.874. The van der Waals surface area contributed by atoms with Crippen LogP contribution in [0.3, 0.4) is 0 Å². The van der Waals surface area contributed by atoms with Crippen molar-refractivity contribution in [1.82, 2.24) is 0 Å². The van der Waals surface area contributed by atoms with Crippen LogP contribution in [0.1, 0.15) is 22.8 Å². The smallest absolute Gasteiger partial charge is 0.338 e. The average Bonchev–Trinajstić information content (AvgIpc) is 2.52. The van der Waals surface area contributed by atoms with Gasteiger partial charge in [-0.2, -0.15) is 0 Å². The standard InChI is InChI=1S/C11H9BrO2S/c1-2-6-3-4-8-7(5-6)9(11(13)14)10(12)15-8/h3-5H,2H2,1H3,(H,13,14).